The third-order valence-corrected chi connectivity index (χ3v) is 5.51. The molecule has 6 heteroatoms. The van der Waals surface area contributed by atoms with E-state index in [4.69, 9.17) is 14.2 Å². The molecule has 6 nitrogen and oxygen atoms in total. The number of methoxy groups -OCH3 is 1. The quantitative estimate of drug-likeness (QED) is 0.190. The van der Waals surface area contributed by atoms with Crippen LogP contribution in [0.15, 0.2) is 66.2 Å². The van der Waals surface area contributed by atoms with E-state index < -0.39 is 5.91 Å². The number of hydrogen-bond donors (Lipinski definition) is 1. The highest BCUT2D eigenvalue weighted by Crippen LogP contribution is 2.29. The summed E-state index contributed by atoms with van der Waals surface area (Å²) in [4.78, 5) is 12.5. The van der Waals surface area contributed by atoms with Gasteiger partial charge in [-0.3, -0.25) is 4.79 Å². The molecule has 0 aliphatic heterocycles. The van der Waals surface area contributed by atoms with Gasteiger partial charge < -0.3 is 19.5 Å². The lowest BCUT2D eigenvalue weighted by Gasteiger charge is -2.12. The van der Waals surface area contributed by atoms with Crippen LogP contribution < -0.4 is 19.5 Å². The summed E-state index contributed by atoms with van der Waals surface area (Å²) >= 11 is 0. The molecule has 0 bridgehead atoms. The molecule has 1 N–H and O–H groups in total. The van der Waals surface area contributed by atoms with Gasteiger partial charge in [-0.05, 0) is 41.6 Å². The average Bonchev–Trinajstić information content (AvgIpc) is 2.90. The summed E-state index contributed by atoms with van der Waals surface area (Å²) in [6.07, 6.45) is 6.03. The summed E-state index contributed by atoms with van der Waals surface area (Å²) in [5.41, 5.74) is 0.685. The van der Waals surface area contributed by atoms with Crippen molar-refractivity contribution in [2.45, 2.75) is 32.6 Å². The monoisotopic (exact) mass is 472 g/mol. The molecule has 0 saturated heterocycles. The Labute approximate surface area is 207 Å². The minimum atomic E-state index is -0.454. The molecule has 0 unspecified atom stereocenters. The van der Waals surface area contributed by atoms with Crippen molar-refractivity contribution >= 4 is 22.8 Å². The summed E-state index contributed by atoms with van der Waals surface area (Å²) in [6.45, 7) is 3.36. The first-order valence-corrected chi connectivity index (χ1v) is 12.0. The van der Waals surface area contributed by atoms with Gasteiger partial charge in [0.2, 0.25) is 0 Å². The van der Waals surface area contributed by atoms with E-state index in [1.165, 1.54) is 18.9 Å². The average molecular weight is 473 g/mol. The lowest BCUT2D eigenvalue weighted by Crippen LogP contribution is -2.29. The van der Waals surface area contributed by atoms with Crippen molar-refractivity contribution in [3.8, 4) is 23.3 Å². The van der Waals surface area contributed by atoms with E-state index in [9.17, 15) is 10.1 Å². The highest BCUT2D eigenvalue weighted by molar-refractivity contribution is 6.01. The summed E-state index contributed by atoms with van der Waals surface area (Å²) in [5, 5.41) is 14.4. The molecular weight excluding hydrogens is 440 g/mol. The Bertz CT molecular complexity index is 1190. The largest absolute Gasteiger partial charge is 0.493 e. The molecular formula is C29H32N2O4. The Morgan fingerprint density at radius 1 is 0.943 bits per heavy atom. The Kier molecular flexibility index (Phi) is 10.0. The van der Waals surface area contributed by atoms with Gasteiger partial charge in [0.1, 0.15) is 24.0 Å². The maximum Gasteiger partial charge on any atom is 0.262 e. The number of fused-ring (bicyclic) bond motifs is 1. The van der Waals surface area contributed by atoms with E-state index >= 15 is 0 Å². The van der Waals surface area contributed by atoms with E-state index in [2.05, 4.69) is 12.2 Å². The van der Waals surface area contributed by atoms with Crippen LogP contribution in [0.25, 0.3) is 16.8 Å². The normalized spacial score (nSPS) is 11.1. The number of amides is 1. The standard InChI is InChI=1S/C29H32N2O4/c1-3-4-5-8-17-34-27-15-14-22(20-28(27)33-2)19-24(21-30)29(32)31-16-18-35-26-13-9-11-23-10-6-7-12-25(23)26/h6-7,9-15,19-20H,3-5,8,16-18H2,1-2H3,(H,31,32)/b24-19+. The SMILES string of the molecule is CCCCCCOc1ccc(/C=C(\C#N)C(=O)NCCOc2cccc3ccccc23)cc1OC. The third-order valence-electron chi connectivity index (χ3n) is 5.51. The van der Waals surface area contributed by atoms with Gasteiger partial charge in [0.05, 0.1) is 20.3 Å². The maximum atomic E-state index is 12.5. The van der Waals surface area contributed by atoms with Gasteiger partial charge in [0, 0.05) is 5.39 Å². The van der Waals surface area contributed by atoms with Crippen molar-refractivity contribution in [1.82, 2.24) is 5.32 Å². The number of hydrogen-bond acceptors (Lipinski definition) is 5. The smallest absolute Gasteiger partial charge is 0.262 e. The van der Waals surface area contributed by atoms with Crippen LogP contribution in [0.4, 0.5) is 0 Å². The van der Waals surface area contributed by atoms with Crippen LogP contribution in [0.1, 0.15) is 38.2 Å². The van der Waals surface area contributed by atoms with Crippen molar-refractivity contribution < 1.29 is 19.0 Å². The van der Waals surface area contributed by atoms with Gasteiger partial charge in [-0.25, -0.2) is 0 Å². The molecule has 0 fully saturated rings. The second kappa shape index (κ2) is 13.7. The van der Waals surface area contributed by atoms with E-state index in [-0.39, 0.29) is 18.7 Å². The van der Waals surface area contributed by atoms with Crippen molar-refractivity contribution in [2.24, 2.45) is 0 Å². The van der Waals surface area contributed by atoms with Crippen LogP contribution in [0.3, 0.4) is 0 Å². The Morgan fingerprint density at radius 2 is 1.74 bits per heavy atom. The maximum absolute atomic E-state index is 12.5. The molecule has 0 aliphatic rings. The van der Waals surface area contributed by atoms with E-state index in [0.717, 1.165) is 29.4 Å². The van der Waals surface area contributed by atoms with Crippen molar-refractivity contribution in [2.75, 3.05) is 26.9 Å². The molecule has 182 valence electrons. The molecule has 35 heavy (non-hydrogen) atoms. The number of rotatable bonds is 13. The van der Waals surface area contributed by atoms with Gasteiger partial charge in [-0.2, -0.15) is 5.26 Å². The van der Waals surface area contributed by atoms with Gasteiger partial charge in [-0.1, -0.05) is 68.7 Å². The number of unbranched alkanes of at least 4 members (excludes halogenated alkanes) is 3. The van der Waals surface area contributed by atoms with Crippen LogP contribution in [-0.2, 0) is 4.79 Å². The summed E-state index contributed by atoms with van der Waals surface area (Å²) in [6, 6.07) is 21.2. The fourth-order valence-corrected chi connectivity index (χ4v) is 3.66. The molecule has 0 spiro atoms. The molecule has 0 radical (unpaired) electrons. The van der Waals surface area contributed by atoms with Crippen LogP contribution in [0, 0.1) is 11.3 Å². The van der Waals surface area contributed by atoms with Crippen molar-refractivity contribution in [3.63, 3.8) is 0 Å². The summed E-state index contributed by atoms with van der Waals surface area (Å²) in [7, 11) is 1.57. The van der Waals surface area contributed by atoms with Crippen LogP contribution in [0.5, 0.6) is 17.2 Å². The minimum absolute atomic E-state index is 0.00504. The fraction of sp³-hybridized carbons (Fsp3) is 0.310. The first-order chi connectivity index (χ1) is 17.2. The summed E-state index contributed by atoms with van der Waals surface area (Å²) < 4.78 is 17.1. The highest BCUT2D eigenvalue weighted by Gasteiger charge is 2.11. The minimum Gasteiger partial charge on any atom is -0.493 e. The lowest BCUT2D eigenvalue weighted by atomic mass is 10.1. The Morgan fingerprint density at radius 3 is 2.54 bits per heavy atom. The van der Waals surface area contributed by atoms with Crippen molar-refractivity contribution in [3.05, 3.63) is 71.8 Å². The molecule has 1 amide bonds. The molecule has 0 aromatic heterocycles. The van der Waals surface area contributed by atoms with Crippen LogP contribution in [-0.4, -0.2) is 32.8 Å². The first-order valence-electron chi connectivity index (χ1n) is 12.0. The number of carbonyl (C=O) groups is 1. The van der Waals surface area contributed by atoms with Gasteiger partial charge in [0.15, 0.2) is 11.5 Å². The van der Waals surface area contributed by atoms with E-state index in [0.29, 0.717) is 23.7 Å². The number of nitrogens with zero attached hydrogens (tertiary/aromatic N) is 1. The molecule has 3 rings (SSSR count). The second-order valence-electron chi connectivity index (χ2n) is 8.07. The molecule has 0 atom stereocenters. The van der Waals surface area contributed by atoms with E-state index in [1.807, 2.05) is 48.5 Å². The van der Waals surface area contributed by atoms with Gasteiger partial charge >= 0.3 is 0 Å². The topological polar surface area (TPSA) is 80.6 Å². The Hall–Kier alpha value is -3.98. The molecule has 3 aromatic carbocycles. The second-order valence-corrected chi connectivity index (χ2v) is 8.07. The zero-order valence-corrected chi connectivity index (χ0v) is 20.4. The summed E-state index contributed by atoms with van der Waals surface area (Å²) in [5.74, 6) is 1.52. The van der Waals surface area contributed by atoms with Crippen molar-refractivity contribution in [1.29, 1.82) is 5.26 Å². The third kappa shape index (κ3) is 7.51. The van der Waals surface area contributed by atoms with Gasteiger partial charge in [0.25, 0.3) is 5.91 Å². The lowest BCUT2D eigenvalue weighted by molar-refractivity contribution is -0.117. The molecule has 0 heterocycles. The number of ether oxygens (including phenoxy) is 3. The number of benzene rings is 3. The predicted molar refractivity (Wildman–Crippen MR) is 139 cm³/mol. The number of nitriles is 1. The van der Waals surface area contributed by atoms with Gasteiger partial charge in [-0.15, -0.1) is 0 Å². The fourth-order valence-electron chi connectivity index (χ4n) is 3.66. The molecule has 0 aliphatic carbocycles. The number of carbonyl (C=O) groups excluding carboxylic acids is 1. The zero-order valence-electron chi connectivity index (χ0n) is 20.4. The predicted octanol–water partition coefficient (Wildman–Crippen LogP) is 5.91. The highest BCUT2D eigenvalue weighted by atomic mass is 16.5. The first kappa shape index (κ1) is 25.6. The van der Waals surface area contributed by atoms with Crippen LogP contribution in [0.2, 0.25) is 0 Å². The number of nitrogens with one attached hydrogen (secondary N) is 1. The van der Waals surface area contributed by atoms with Crippen LogP contribution >= 0.6 is 0 Å². The molecule has 3 aromatic rings. The molecule has 0 saturated carbocycles. The Balaban J connectivity index is 1.55. The zero-order chi connectivity index (χ0) is 24.9. The van der Waals surface area contributed by atoms with E-state index in [1.54, 1.807) is 25.3 Å².